The lowest BCUT2D eigenvalue weighted by molar-refractivity contribution is 0.975. The van der Waals surface area contributed by atoms with Gasteiger partial charge in [0.05, 0.1) is 17.8 Å². The van der Waals surface area contributed by atoms with Crippen molar-refractivity contribution < 1.29 is 0 Å². The van der Waals surface area contributed by atoms with E-state index in [1.165, 1.54) is 0 Å². The molecule has 0 unspecified atom stereocenters. The van der Waals surface area contributed by atoms with Crippen LogP contribution < -0.4 is 4.90 Å². The van der Waals surface area contributed by atoms with Crippen LogP contribution in [0, 0.1) is 18.3 Å². The van der Waals surface area contributed by atoms with Gasteiger partial charge in [0.25, 0.3) is 0 Å². The van der Waals surface area contributed by atoms with E-state index in [1.807, 2.05) is 43.1 Å². The van der Waals surface area contributed by atoms with Crippen LogP contribution in [0.2, 0.25) is 0 Å². The van der Waals surface area contributed by atoms with E-state index in [0.29, 0.717) is 5.56 Å². The summed E-state index contributed by atoms with van der Waals surface area (Å²) in [6.07, 6.45) is 1.71. The number of aryl methyl sites for hydroxylation is 1. The maximum absolute atomic E-state index is 8.86. The number of nitriles is 1. The third-order valence-electron chi connectivity index (χ3n) is 2.48. The number of nitrogens with zero attached hydrogens (tertiary/aromatic N) is 4. The topological polar surface area (TPSA) is 52.8 Å². The molecule has 0 aliphatic rings. The van der Waals surface area contributed by atoms with Crippen molar-refractivity contribution in [2.24, 2.45) is 0 Å². The minimum absolute atomic E-state index is 0.634. The molecule has 2 rings (SSSR count). The molecule has 0 radical (unpaired) electrons. The molecule has 0 spiro atoms. The second-order valence-electron chi connectivity index (χ2n) is 3.81. The quantitative estimate of drug-likeness (QED) is 0.786. The first-order valence-corrected chi connectivity index (χ1v) is 5.24. The Labute approximate surface area is 100 Å². The first-order chi connectivity index (χ1) is 8.20. The zero-order valence-electron chi connectivity index (χ0n) is 9.75. The van der Waals surface area contributed by atoms with E-state index in [2.05, 4.69) is 16.3 Å². The summed E-state index contributed by atoms with van der Waals surface area (Å²) in [5.41, 5.74) is 2.61. The highest BCUT2D eigenvalue weighted by atomic mass is 15.2. The van der Waals surface area contributed by atoms with Gasteiger partial charge in [0.1, 0.15) is 0 Å². The van der Waals surface area contributed by atoms with Crippen LogP contribution in [0.25, 0.3) is 0 Å². The molecule has 0 bridgehead atoms. The van der Waals surface area contributed by atoms with Crippen LogP contribution in [-0.4, -0.2) is 17.2 Å². The molecule has 4 nitrogen and oxygen atoms in total. The Morgan fingerprint density at radius 3 is 2.82 bits per heavy atom. The summed E-state index contributed by atoms with van der Waals surface area (Å²) in [6.45, 7) is 1.97. The van der Waals surface area contributed by atoms with Crippen molar-refractivity contribution in [1.29, 1.82) is 5.26 Å². The average molecular weight is 224 g/mol. The van der Waals surface area contributed by atoms with Crippen molar-refractivity contribution in [3.63, 3.8) is 0 Å². The summed E-state index contributed by atoms with van der Waals surface area (Å²) in [5.74, 6) is 0.764. The van der Waals surface area contributed by atoms with Crippen molar-refractivity contribution in [3.8, 4) is 6.07 Å². The first-order valence-electron chi connectivity index (χ1n) is 5.24. The first kappa shape index (κ1) is 11.1. The van der Waals surface area contributed by atoms with E-state index in [-0.39, 0.29) is 0 Å². The van der Waals surface area contributed by atoms with E-state index in [9.17, 15) is 0 Å². The lowest BCUT2D eigenvalue weighted by Crippen LogP contribution is -2.12. The third-order valence-corrected chi connectivity index (χ3v) is 2.48. The van der Waals surface area contributed by atoms with Gasteiger partial charge in [0.2, 0.25) is 0 Å². The zero-order valence-corrected chi connectivity index (χ0v) is 9.75. The van der Waals surface area contributed by atoms with E-state index >= 15 is 0 Å². The summed E-state index contributed by atoms with van der Waals surface area (Å²) < 4.78 is 0. The molecule has 0 aliphatic heterocycles. The molecule has 0 fully saturated rings. The Morgan fingerprint density at radius 1 is 1.29 bits per heavy atom. The molecule has 0 amide bonds. The molecule has 17 heavy (non-hydrogen) atoms. The molecule has 4 heteroatoms. The van der Waals surface area contributed by atoms with Gasteiger partial charge >= 0.3 is 0 Å². The van der Waals surface area contributed by atoms with E-state index in [4.69, 9.17) is 5.26 Å². The van der Waals surface area contributed by atoms with Crippen LogP contribution in [0.5, 0.6) is 0 Å². The molecule has 0 aliphatic carbocycles. The van der Waals surface area contributed by atoms with Gasteiger partial charge in [-0.1, -0.05) is 6.07 Å². The van der Waals surface area contributed by atoms with Crippen LogP contribution in [0.3, 0.4) is 0 Å². The molecule has 0 saturated carbocycles. The molecule has 84 valence electrons. The Morgan fingerprint density at radius 2 is 2.12 bits per heavy atom. The summed E-state index contributed by atoms with van der Waals surface area (Å²) in [4.78, 5) is 1.90. The van der Waals surface area contributed by atoms with Gasteiger partial charge in [-0.25, -0.2) is 0 Å². The minimum Gasteiger partial charge on any atom is -0.328 e. The van der Waals surface area contributed by atoms with E-state index in [1.54, 1.807) is 12.3 Å². The maximum Gasteiger partial charge on any atom is 0.155 e. The molecule has 1 heterocycles. The number of rotatable bonds is 2. The maximum atomic E-state index is 8.86. The van der Waals surface area contributed by atoms with Gasteiger partial charge < -0.3 is 4.90 Å². The average Bonchev–Trinajstić information content (AvgIpc) is 2.38. The Kier molecular flexibility index (Phi) is 3.01. The molecule has 1 aromatic carbocycles. The highest BCUT2D eigenvalue weighted by molar-refractivity contribution is 5.61. The SMILES string of the molecule is Cc1cnnc(N(C)c2cccc(C#N)c2)c1. The largest absolute Gasteiger partial charge is 0.328 e. The number of anilines is 2. The third kappa shape index (κ3) is 2.40. The fourth-order valence-corrected chi connectivity index (χ4v) is 1.53. The molecular weight excluding hydrogens is 212 g/mol. The summed E-state index contributed by atoms with van der Waals surface area (Å²) in [7, 11) is 1.90. The van der Waals surface area contributed by atoms with E-state index < -0.39 is 0 Å². The van der Waals surface area contributed by atoms with Crippen LogP contribution >= 0.6 is 0 Å². The van der Waals surface area contributed by atoms with Gasteiger partial charge in [-0.2, -0.15) is 10.4 Å². The number of benzene rings is 1. The van der Waals surface area contributed by atoms with Crippen molar-refractivity contribution in [2.75, 3.05) is 11.9 Å². The van der Waals surface area contributed by atoms with Gasteiger partial charge in [0.15, 0.2) is 5.82 Å². The van der Waals surface area contributed by atoms with Gasteiger partial charge in [0, 0.05) is 12.7 Å². The van der Waals surface area contributed by atoms with Crippen molar-refractivity contribution in [3.05, 3.63) is 47.7 Å². The predicted molar refractivity (Wildman–Crippen MR) is 66.0 cm³/mol. The van der Waals surface area contributed by atoms with Crippen LogP contribution in [0.4, 0.5) is 11.5 Å². The molecule has 1 aromatic heterocycles. The van der Waals surface area contributed by atoms with Gasteiger partial charge in [-0.15, -0.1) is 5.10 Å². The summed E-state index contributed by atoms with van der Waals surface area (Å²) in [5, 5.41) is 16.8. The lowest BCUT2D eigenvalue weighted by Gasteiger charge is -2.17. The van der Waals surface area contributed by atoms with Crippen molar-refractivity contribution >= 4 is 11.5 Å². The number of hydrogen-bond acceptors (Lipinski definition) is 4. The summed E-state index contributed by atoms with van der Waals surface area (Å²) >= 11 is 0. The van der Waals surface area contributed by atoms with Crippen LogP contribution in [0.15, 0.2) is 36.5 Å². The normalized spacial score (nSPS) is 9.71. The lowest BCUT2D eigenvalue weighted by atomic mass is 10.2. The second kappa shape index (κ2) is 4.62. The molecule has 0 atom stereocenters. The molecule has 0 saturated heterocycles. The zero-order chi connectivity index (χ0) is 12.3. The smallest absolute Gasteiger partial charge is 0.155 e. The molecule has 2 aromatic rings. The Balaban J connectivity index is 2.37. The number of aromatic nitrogens is 2. The fraction of sp³-hybridized carbons (Fsp3) is 0.154. The van der Waals surface area contributed by atoms with Crippen molar-refractivity contribution in [2.45, 2.75) is 6.92 Å². The van der Waals surface area contributed by atoms with Crippen molar-refractivity contribution in [1.82, 2.24) is 10.2 Å². The monoisotopic (exact) mass is 224 g/mol. The predicted octanol–water partition coefficient (Wildman–Crippen LogP) is 2.42. The standard InChI is InChI=1S/C13H12N4/c1-10-6-13(16-15-9-10)17(2)12-5-3-4-11(7-12)8-14/h3-7,9H,1-2H3. The molecular formula is C13H12N4. The highest BCUT2D eigenvalue weighted by Gasteiger charge is 2.06. The second-order valence-corrected chi connectivity index (χ2v) is 3.81. The highest BCUT2D eigenvalue weighted by Crippen LogP contribution is 2.22. The van der Waals surface area contributed by atoms with Gasteiger partial charge in [-0.05, 0) is 36.8 Å². The fourth-order valence-electron chi connectivity index (χ4n) is 1.53. The van der Waals surface area contributed by atoms with Gasteiger partial charge in [-0.3, -0.25) is 0 Å². The summed E-state index contributed by atoms with van der Waals surface area (Å²) in [6, 6.07) is 11.5. The Bertz CT molecular complexity index is 572. The Hall–Kier alpha value is -2.41. The minimum atomic E-state index is 0.634. The van der Waals surface area contributed by atoms with E-state index in [0.717, 1.165) is 17.1 Å². The molecule has 0 N–H and O–H groups in total. The van der Waals surface area contributed by atoms with Crippen LogP contribution in [-0.2, 0) is 0 Å². The number of hydrogen-bond donors (Lipinski definition) is 0. The van der Waals surface area contributed by atoms with Crippen LogP contribution in [0.1, 0.15) is 11.1 Å².